The molecule has 4 rings (SSSR count). The van der Waals surface area contributed by atoms with Crippen LogP contribution in [0.3, 0.4) is 0 Å². The molecule has 1 amide bonds. The van der Waals surface area contributed by atoms with Crippen molar-refractivity contribution in [3.05, 3.63) is 89.0 Å². The number of anilines is 1. The fraction of sp³-hybridized carbons (Fsp3) is 0.269. The van der Waals surface area contributed by atoms with E-state index in [-0.39, 0.29) is 29.3 Å². The van der Waals surface area contributed by atoms with E-state index in [1.807, 2.05) is 49.1 Å². The zero-order valence-electron chi connectivity index (χ0n) is 20.0. The van der Waals surface area contributed by atoms with Gasteiger partial charge in [-0.05, 0) is 31.0 Å². The van der Waals surface area contributed by atoms with Crippen LogP contribution in [-0.2, 0) is 30.6 Å². The van der Waals surface area contributed by atoms with Crippen LogP contribution < -0.4 is 5.32 Å². The molecule has 7 nitrogen and oxygen atoms in total. The van der Waals surface area contributed by atoms with Crippen molar-refractivity contribution in [1.29, 1.82) is 0 Å². The first kappa shape index (κ1) is 24.1. The van der Waals surface area contributed by atoms with Crippen molar-refractivity contribution in [1.82, 2.24) is 24.7 Å². The van der Waals surface area contributed by atoms with E-state index in [1.165, 1.54) is 19.2 Å². The van der Waals surface area contributed by atoms with Gasteiger partial charge in [-0.25, -0.2) is 18.7 Å². The van der Waals surface area contributed by atoms with E-state index in [4.69, 9.17) is 0 Å². The molecule has 1 aromatic carbocycles. The van der Waals surface area contributed by atoms with Gasteiger partial charge in [0, 0.05) is 60.9 Å². The molecule has 35 heavy (non-hydrogen) atoms. The van der Waals surface area contributed by atoms with Crippen molar-refractivity contribution in [3.63, 3.8) is 0 Å². The van der Waals surface area contributed by atoms with E-state index in [1.54, 1.807) is 12.4 Å². The minimum Gasteiger partial charge on any atom is -0.324 e. The van der Waals surface area contributed by atoms with Crippen LogP contribution in [0.2, 0.25) is 0 Å². The molecule has 0 bridgehead atoms. The van der Waals surface area contributed by atoms with Gasteiger partial charge in [-0.3, -0.25) is 14.5 Å². The molecule has 0 unspecified atom stereocenters. The third-order valence-electron chi connectivity index (χ3n) is 5.89. The maximum atomic E-state index is 13.7. The number of alkyl halides is 2. The first-order valence-corrected chi connectivity index (χ1v) is 11.1. The summed E-state index contributed by atoms with van der Waals surface area (Å²) in [5, 5.41) is 6.89. The summed E-state index contributed by atoms with van der Waals surface area (Å²) in [6.07, 6.45) is 7.48. The third kappa shape index (κ3) is 5.74. The number of carbonyl (C=O) groups excluding carboxylic acids is 1. The molecule has 0 aliphatic heterocycles. The molecule has 0 saturated carbocycles. The smallest absolute Gasteiger partial charge is 0.272 e. The van der Waals surface area contributed by atoms with Gasteiger partial charge < -0.3 is 5.32 Å². The third-order valence-corrected chi connectivity index (χ3v) is 5.89. The number of hydrogen-bond donors (Lipinski definition) is 1. The summed E-state index contributed by atoms with van der Waals surface area (Å²) in [5.74, 6) is -2.63. The Balaban J connectivity index is 1.38. The van der Waals surface area contributed by atoms with Crippen LogP contribution in [0.4, 0.5) is 14.5 Å². The number of amides is 1. The Morgan fingerprint density at radius 3 is 2.29 bits per heavy atom. The molecule has 0 saturated heterocycles. The van der Waals surface area contributed by atoms with Crippen LogP contribution >= 0.6 is 0 Å². The van der Waals surface area contributed by atoms with Crippen molar-refractivity contribution in [2.24, 2.45) is 7.05 Å². The minimum atomic E-state index is -3.03. The SMILES string of the molecule is Cc1ncc(NC(=O)Cc2ccc(-c3cnc(Cc4cnn(C)c4C)nc3)cc2)cc1C(C)(F)F. The standard InChI is InChI=1S/C26H26F2N6O/c1-16-23(26(3,27)28)11-22(15-29-16)33-25(35)9-18-5-7-19(8-6-18)21-12-30-24(31-13-21)10-20-14-32-34(4)17(20)2/h5-8,11-15H,9-10H2,1-4H3,(H,33,35). The molecule has 0 aliphatic rings. The number of aromatic nitrogens is 5. The highest BCUT2D eigenvalue weighted by Gasteiger charge is 2.27. The highest BCUT2D eigenvalue weighted by Crippen LogP contribution is 2.30. The summed E-state index contributed by atoms with van der Waals surface area (Å²) in [6.45, 7) is 4.34. The van der Waals surface area contributed by atoms with E-state index < -0.39 is 5.92 Å². The molecule has 180 valence electrons. The summed E-state index contributed by atoms with van der Waals surface area (Å²) in [6, 6.07) is 8.76. The van der Waals surface area contributed by atoms with E-state index in [0.29, 0.717) is 12.2 Å². The molecule has 0 aliphatic carbocycles. The number of halogens is 2. The van der Waals surface area contributed by atoms with E-state index in [0.717, 1.165) is 34.9 Å². The molecule has 4 aromatic rings. The molecule has 3 heterocycles. The Hall–Kier alpha value is -4.01. The maximum absolute atomic E-state index is 13.7. The predicted octanol–water partition coefficient (Wildman–Crippen LogP) is 4.77. The van der Waals surface area contributed by atoms with Crippen molar-refractivity contribution < 1.29 is 13.6 Å². The van der Waals surface area contributed by atoms with Crippen LogP contribution in [0.5, 0.6) is 0 Å². The quantitative estimate of drug-likeness (QED) is 0.415. The summed E-state index contributed by atoms with van der Waals surface area (Å²) < 4.78 is 29.3. The lowest BCUT2D eigenvalue weighted by molar-refractivity contribution is -0.115. The number of benzene rings is 1. The molecular formula is C26H26F2N6O. The second-order valence-corrected chi connectivity index (χ2v) is 8.61. The maximum Gasteiger partial charge on any atom is 0.272 e. The van der Waals surface area contributed by atoms with Crippen molar-refractivity contribution in [2.75, 3.05) is 5.32 Å². The molecular weight excluding hydrogens is 450 g/mol. The Morgan fingerprint density at radius 1 is 1.00 bits per heavy atom. The number of aryl methyl sites for hydroxylation is 2. The van der Waals surface area contributed by atoms with Gasteiger partial charge in [-0.15, -0.1) is 0 Å². The number of carbonyl (C=O) groups is 1. The Bertz CT molecular complexity index is 1340. The summed E-state index contributed by atoms with van der Waals surface area (Å²) in [4.78, 5) is 25.4. The van der Waals surface area contributed by atoms with Gasteiger partial charge >= 0.3 is 0 Å². The van der Waals surface area contributed by atoms with E-state index in [2.05, 4.69) is 25.4 Å². The molecule has 1 N–H and O–H groups in total. The zero-order valence-corrected chi connectivity index (χ0v) is 20.0. The van der Waals surface area contributed by atoms with E-state index >= 15 is 0 Å². The second-order valence-electron chi connectivity index (χ2n) is 8.61. The second kappa shape index (κ2) is 9.69. The average molecular weight is 477 g/mol. The molecule has 0 fully saturated rings. The van der Waals surface area contributed by atoms with E-state index in [9.17, 15) is 13.6 Å². The van der Waals surface area contributed by atoms with Gasteiger partial charge in [0.05, 0.1) is 24.5 Å². The van der Waals surface area contributed by atoms with Gasteiger partial charge in [0.1, 0.15) is 5.82 Å². The van der Waals surface area contributed by atoms with Gasteiger partial charge in [-0.1, -0.05) is 24.3 Å². The zero-order chi connectivity index (χ0) is 25.2. The predicted molar refractivity (Wildman–Crippen MR) is 129 cm³/mol. The van der Waals surface area contributed by atoms with Crippen LogP contribution in [0.15, 0.2) is 55.1 Å². The normalized spacial score (nSPS) is 11.5. The number of rotatable bonds is 7. The highest BCUT2D eigenvalue weighted by atomic mass is 19.3. The lowest BCUT2D eigenvalue weighted by Crippen LogP contribution is -2.16. The largest absolute Gasteiger partial charge is 0.324 e. The fourth-order valence-corrected chi connectivity index (χ4v) is 3.73. The molecule has 0 radical (unpaired) electrons. The van der Waals surface area contributed by atoms with Crippen LogP contribution in [0, 0.1) is 13.8 Å². The average Bonchev–Trinajstić information content (AvgIpc) is 3.13. The lowest BCUT2D eigenvalue weighted by atomic mass is 10.0. The summed E-state index contributed by atoms with van der Waals surface area (Å²) >= 11 is 0. The number of nitrogens with one attached hydrogen (secondary N) is 1. The van der Waals surface area contributed by atoms with Crippen molar-refractivity contribution in [3.8, 4) is 11.1 Å². The number of hydrogen-bond acceptors (Lipinski definition) is 5. The minimum absolute atomic E-state index is 0.103. The summed E-state index contributed by atoms with van der Waals surface area (Å²) in [5.41, 5.74) is 5.02. The van der Waals surface area contributed by atoms with Gasteiger partial charge in [-0.2, -0.15) is 5.10 Å². The summed E-state index contributed by atoms with van der Waals surface area (Å²) in [7, 11) is 1.90. The van der Waals surface area contributed by atoms with Gasteiger partial charge in [0.25, 0.3) is 5.92 Å². The highest BCUT2D eigenvalue weighted by molar-refractivity contribution is 5.92. The molecule has 3 aromatic heterocycles. The Morgan fingerprint density at radius 2 is 1.69 bits per heavy atom. The van der Waals surface area contributed by atoms with Crippen LogP contribution in [0.1, 0.15) is 40.8 Å². The Kier molecular flexibility index (Phi) is 6.68. The first-order chi connectivity index (χ1) is 16.6. The fourth-order valence-electron chi connectivity index (χ4n) is 3.73. The number of nitrogens with zero attached hydrogens (tertiary/aromatic N) is 5. The van der Waals surface area contributed by atoms with Crippen LogP contribution in [0.25, 0.3) is 11.1 Å². The number of pyridine rings is 1. The molecule has 0 atom stereocenters. The van der Waals surface area contributed by atoms with Crippen LogP contribution in [-0.4, -0.2) is 30.6 Å². The van der Waals surface area contributed by atoms with Crippen molar-refractivity contribution >= 4 is 11.6 Å². The van der Waals surface area contributed by atoms with Gasteiger partial charge in [0.15, 0.2) is 0 Å². The molecule has 9 heteroatoms. The van der Waals surface area contributed by atoms with Gasteiger partial charge in [0.2, 0.25) is 5.91 Å². The molecule has 0 spiro atoms. The Labute approximate surface area is 202 Å². The topological polar surface area (TPSA) is 85.6 Å². The first-order valence-electron chi connectivity index (χ1n) is 11.1. The monoisotopic (exact) mass is 476 g/mol. The van der Waals surface area contributed by atoms with Crippen molar-refractivity contribution in [2.45, 2.75) is 39.5 Å². The lowest BCUT2D eigenvalue weighted by Gasteiger charge is -2.15.